The van der Waals surface area contributed by atoms with E-state index < -0.39 is 0 Å². The first-order valence-corrected chi connectivity index (χ1v) is 9.05. The standard InChI is InChI=1S/C21H26N4O3/c1-14(2)23-21(28)16-5-7-18(8-6-16)24-20(27)13-22-17-9-11-19(12-10-17)25(4)15(3)26/h5-12,14,22H,13H2,1-4H3,(H,23,28)(H,24,27). The van der Waals surface area contributed by atoms with Crippen LogP contribution in [0.25, 0.3) is 0 Å². The van der Waals surface area contributed by atoms with E-state index in [0.717, 1.165) is 11.4 Å². The molecule has 2 aromatic carbocycles. The molecule has 3 N–H and O–H groups in total. The minimum atomic E-state index is -0.204. The van der Waals surface area contributed by atoms with Gasteiger partial charge in [0.15, 0.2) is 0 Å². The Balaban J connectivity index is 1.85. The van der Waals surface area contributed by atoms with Crippen molar-refractivity contribution in [2.75, 3.05) is 29.1 Å². The monoisotopic (exact) mass is 382 g/mol. The van der Waals surface area contributed by atoms with Crippen molar-refractivity contribution in [2.45, 2.75) is 26.8 Å². The number of amides is 3. The van der Waals surface area contributed by atoms with E-state index in [1.807, 2.05) is 38.1 Å². The molecule has 0 aliphatic heterocycles. The van der Waals surface area contributed by atoms with E-state index in [1.165, 1.54) is 6.92 Å². The number of benzene rings is 2. The highest BCUT2D eigenvalue weighted by Gasteiger charge is 2.08. The third-order valence-corrected chi connectivity index (χ3v) is 4.03. The summed E-state index contributed by atoms with van der Waals surface area (Å²) in [6.07, 6.45) is 0. The van der Waals surface area contributed by atoms with Crippen molar-refractivity contribution in [2.24, 2.45) is 0 Å². The molecule has 2 rings (SSSR count). The molecular weight excluding hydrogens is 356 g/mol. The minimum absolute atomic E-state index is 0.0483. The van der Waals surface area contributed by atoms with Crippen LogP contribution >= 0.6 is 0 Å². The molecule has 0 unspecified atom stereocenters. The highest BCUT2D eigenvalue weighted by Crippen LogP contribution is 2.17. The van der Waals surface area contributed by atoms with Gasteiger partial charge in [0.25, 0.3) is 5.91 Å². The molecular formula is C21H26N4O3. The SMILES string of the molecule is CC(=O)N(C)c1ccc(NCC(=O)Nc2ccc(C(=O)NC(C)C)cc2)cc1. The maximum absolute atomic E-state index is 12.1. The molecule has 0 spiro atoms. The van der Waals surface area contributed by atoms with Crippen molar-refractivity contribution in [3.63, 3.8) is 0 Å². The van der Waals surface area contributed by atoms with Gasteiger partial charge in [-0.05, 0) is 62.4 Å². The molecule has 3 amide bonds. The predicted molar refractivity (Wildman–Crippen MR) is 112 cm³/mol. The second-order valence-electron chi connectivity index (χ2n) is 6.73. The first-order valence-electron chi connectivity index (χ1n) is 9.05. The predicted octanol–water partition coefficient (Wildman–Crippen LogP) is 2.86. The van der Waals surface area contributed by atoms with Crippen molar-refractivity contribution in [1.82, 2.24) is 5.32 Å². The fourth-order valence-electron chi connectivity index (χ4n) is 2.42. The fraction of sp³-hybridized carbons (Fsp3) is 0.286. The van der Waals surface area contributed by atoms with Crippen molar-refractivity contribution in [3.05, 3.63) is 54.1 Å². The van der Waals surface area contributed by atoms with Crippen LogP contribution in [0.5, 0.6) is 0 Å². The summed E-state index contributed by atoms with van der Waals surface area (Å²) in [6, 6.07) is 14.0. The summed E-state index contributed by atoms with van der Waals surface area (Å²) in [6.45, 7) is 5.39. The number of nitrogens with one attached hydrogen (secondary N) is 3. The normalized spacial score (nSPS) is 10.3. The van der Waals surface area contributed by atoms with Gasteiger partial charge in [-0.3, -0.25) is 14.4 Å². The van der Waals surface area contributed by atoms with E-state index in [0.29, 0.717) is 11.3 Å². The number of anilines is 3. The van der Waals surface area contributed by atoms with Gasteiger partial charge >= 0.3 is 0 Å². The lowest BCUT2D eigenvalue weighted by molar-refractivity contribution is -0.116. The van der Waals surface area contributed by atoms with Crippen LogP contribution in [0.15, 0.2) is 48.5 Å². The Morgan fingerprint density at radius 2 is 1.50 bits per heavy atom. The van der Waals surface area contributed by atoms with E-state index >= 15 is 0 Å². The lowest BCUT2D eigenvalue weighted by Crippen LogP contribution is -2.30. The zero-order valence-corrected chi connectivity index (χ0v) is 16.6. The smallest absolute Gasteiger partial charge is 0.251 e. The van der Waals surface area contributed by atoms with Crippen LogP contribution in [0.4, 0.5) is 17.1 Å². The average molecular weight is 382 g/mol. The zero-order chi connectivity index (χ0) is 20.7. The maximum Gasteiger partial charge on any atom is 0.251 e. The molecule has 0 aliphatic carbocycles. The van der Waals surface area contributed by atoms with Crippen LogP contribution in [0, 0.1) is 0 Å². The first-order chi connectivity index (χ1) is 13.3. The summed E-state index contributed by atoms with van der Waals surface area (Å²) in [5.41, 5.74) is 2.72. The van der Waals surface area contributed by atoms with Crippen LogP contribution in [0.2, 0.25) is 0 Å². The first kappa shape index (κ1) is 21.0. The molecule has 28 heavy (non-hydrogen) atoms. The van der Waals surface area contributed by atoms with Gasteiger partial charge in [0, 0.05) is 42.6 Å². The summed E-state index contributed by atoms with van der Waals surface area (Å²) in [7, 11) is 1.70. The van der Waals surface area contributed by atoms with E-state index in [-0.39, 0.29) is 30.3 Å². The van der Waals surface area contributed by atoms with Gasteiger partial charge in [-0.1, -0.05) is 0 Å². The topological polar surface area (TPSA) is 90.5 Å². The summed E-state index contributed by atoms with van der Waals surface area (Å²) >= 11 is 0. The minimum Gasteiger partial charge on any atom is -0.376 e. The number of hydrogen-bond acceptors (Lipinski definition) is 4. The van der Waals surface area contributed by atoms with Gasteiger partial charge in [-0.25, -0.2) is 0 Å². The van der Waals surface area contributed by atoms with E-state index in [1.54, 1.807) is 36.2 Å². The second kappa shape index (κ2) is 9.55. The van der Waals surface area contributed by atoms with Crippen molar-refractivity contribution in [1.29, 1.82) is 0 Å². The largest absolute Gasteiger partial charge is 0.376 e. The number of nitrogens with zero attached hydrogens (tertiary/aromatic N) is 1. The molecule has 0 heterocycles. The molecule has 7 nitrogen and oxygen atoms in total. The average Bonchev–Trinajstić information content (AvgIpc) is 2.66. The summed E-state index contributed by atoms with van der Waals surface area (Å²) < 4.78 is 0. The third kappa shape index (κ3) is 6.12. The molecule has 0 aromatic heterocycles. The Bertz CT molecular complexity index is 830. The quantitative estimate of drug-likeness (QED) is 0.687. The van der Waals surface area contributed by atoms with Gasteiger partial charge in [0.2, 0.25) is 11.8 Å². The molecule has 0 fully saturated rings. The fourth-order valence-corrected chi connectivity index (χ4v) is 2.42. The lowest BCUT2D eigenvalue weighted by atomic mass is 10.2. The van der Waals surface area contributed by atoms with Gasteiger partial charge in [-0.15, -0.1) is 0 Å². The van der Waals surface area contributed by atoms with Crippen LogP contribution in [-0.4, -0.2) is 37.4 Å². The van der Waals surface area contributed by atoms with Crippen LogP contribution in [-0.2, 0) is 9.59 Å². The van der Waals surface area contributed by atoms with Gasteiger partial charge < -0.3 is 20.9 Å². The molecule has 2 aromatic rings. The van der Waals surface area contributed by atoms with Gasteiger partial charge in [0.05, 0.1) is 6.54 Å². The highest BCUT2D eigenvalue weighted by molar-refractivity contribution is 5.97. The third-order valence-electron chi connectivity index (χ3n) is 4.03. The van der Waals surface area contributed by atoms with Crippen molar-refractivity contribution >= 4 is 34.8 Å². The Morgan fingerprint density at radius 3 is 2.04 bits per heavy atom. The number of hydrogen-bond donors (Lipinski definition) is 3. The Labute approximate surface area is 165 Å². The second-order valence-corrected chi connectivity index (χ2v) is 6.73. The lowest BCUT2D eigenvalue weighted by Gasteiger charge is -2.15. The van der Waals surface area contributed by atoms with Crippen LogP contribution in [0.3, 0.4) is 0 Å². The van der Waals surface area contributed by atoms with Gasteiger partial charge in [-0.2, -0.15) is 0 Å². The zero-order valence-electron chi connectivity index (χ0n) is 16.6. The molecule has 0 radical (unpaired) electrons. The van der Waals surface area contributed by atoms with E-state index in [9.17, 15) is 14.4 Å². The molecule has 0 saturated heterocycles. The number of rotatable bonds is 7. The molecule has 0 saturated carbocycles. The highest BCUT2D eigenvalue weighted by atomic mass is 16.2. The molecule has 0 atom stereocenters. The van der Waals surface area contributed by atoms with Crippen LogP contribution < -0.4 is 20.9 Å². The molecule has 148 valence electrons. The van der Waals surface area contributed by atoms with E-state index in [2.05, 4.69) is 16.0 Å². The van der Waals surface area contributed by atoms with Crippen molar-refractivity contribution < 1.29 is 14.4 Å². The Kier molecular flexibility index (Phi) is 7.14. The summed E-state index contributed by atoms with van der Waals surface area (Å²) in [5.74, 6) is -0.398. The Morgan fingerprint density at radius 1 is 0.929 bits per heavy atom. The molecule has 0 bridgehead atoms. The number of carbonyl (C=O) groups excluding carboxylic acids is 3. The Hall–Kier alpha value is -3.35. The number of carbonyl (C=O) groups is 3. The van der Waals surface area contributed by atoms with Crippen molar-refractivity contribution in [3.8, 4) is 0 Å². The molecule has 7 heteroatoms. The van der Waals surface area contributed by atoms with Crippen LogP contribution in [0.1, 0.15) is 31.1 Å². The molecule has 0 aliphatic rings. The summed E-state index contributed by atoms with van der Waals surface area (Å²) in [4.78, 5) is 36.9. The van der Waals surface area contributed by atoms with Gasteiger partial charge in [0.1, 0.15) is 0 Å². The summed E-state index contributed by atoms with van der Waals surface area (Å²) in [5, 5.41) is 8.63. The maximum atomic E-state index is 12.1. The van der Waals surface area contributed by atoms with E-state index in [4.69, 9.17) is 0 Å².